The third-order valence-corrected chi connectivity index (χ3v) is 4.00. The van der Waals surface area contributed by atoms with Crippen LogP contribution in [-0.2, 0) is 24.8 Å². The highest BCUT2D eigenvalue weighted by Gasteiger charge is 2.30. The normalized spacial score (nSPS) is 13.9. The zero-order valence-electron chi connectivity index (χ0n) is 15.4. The summed E-state index contributed by atoms with van der Waals surface area (Å²) in [6.45, 7) is 6.40. The van der Waals surface area contributed by atoms with Crippen molar-refractivity contribution in [2.45, 2.75) is 39.3 Å². The molecule has 8 nitrogen and oxygen atoms in total. The predicted octanol–water partition coefficient (Wildman–Crippen LogP) is 2.36. The molecule has 26 heavy (non-hydrogen) atoms. The Labute approximate surface area is 152 Å². The van der Waals surface area contributed by atoms with Gasteiger partial charge in [0.25, 0.3) is 5.91 Å². The monoisotopic (exact) mass is 357 g/mol. The largest absolute Gasteiger partial charge is 0.444 e. The van der Waals surface area contributed by atoms with Crippen LogP contribution in [0.3, 0.4) is 0 Å². The van der Waals surface area contributed by atoms with Gasteiger partial charge in [0.05, 0.1) is 17.8 Å². The number of carbonyl (C=O) groups excluding carboxylic acids is 2. The zero-order valence-corrected chi connectivity index (χ0v) is 15.4. The Kier molecular flexibility index (Phi) is 4.67. The fourth-order valence-corrected chi connectivity index (χ4v) is 2.82. The van der Waals surface area contributed by atoms with Crippen LogP contribution in [-0.4, -0.2) is 43.8 Å². The lowest BCUT2D eigenvalue weighted by molar-refractivity contribution is 0.0224. The summed E-state index contributed by atoms with van der Waals surface area (Å²) >= 11 is 0. The molecule has 0 fully saturated rings. The van der Waals surface area contributed by atoms with E-state index in [4.69, 9.17) is 4.74 Å². The molecular weight excluding hydrogens is 334 g/mol. The van der Waals surface area contributed by atoms with Crippen LogP contribution in [0.2, 0.25) is 0 Å². The molecule has 0 unspecified atom stereocenters. The van der Waals surface area contributed by atoms with Crippen molar-refractivity contribution in [3.8, 4) is 0 Å². The number of fused-ring (bicyclic) bond motifs is 1. The third kappa shape index (κ3) is 3.84. The Morgan fingerprint density at radius 2 is 2.08 bits per heavy atom. The topological polar surface area (TPSA) is 89.4 Å². The van der Waals surface area contributed by atoms with Gasteiger partial charge in [0.2, 0.25) is 0 Å². The number of hydrogen-bond donors (Lipinski definition) is 1. The van der Waals surface area contributed by atoms with Crippen molar-refractivity contribution in [1.82, 2.24) is 19.7 Å². The third-order valence-electron chi connectivity index (χ3n) is 4.00. The van der Waals surface area contributed by atoms with E-state index in [9.17, 15) is 9.59 Å². The minimum atomic E-state index is -0.552. The first-order valence-electron chi connectivity index (χ1n) is 8.48. The standard InChI is InChI=1S/C18H23N5O3/c1-18(2,3)26-17(25)23-9-7-14-13(11-23)15(22(4)21-14)20-16(24)12-6-5-8-19-10-12/h5-6,8,10H,7,9,11H2,1-4H3,(H,20,24). The first-order chi connectivity index (χ1) is 12.2. The Balaban J connectivity index is 1.80. The Hall–Kier alpha value is -2.90. The molecule has 2 amide bonds. The maximum absolute atomic E-state index is 12.5. The summed E-state index contributed by atoms with van der Waals surface area (Å²) in [4.78, 5) is 30.4. The lowest BCUT2D eigenvalue weighted by Crippen LogP contribution is -2.40. The number of anilines is 1. The first kappa shape index (κ1) is 17.9. The second-order valence-electron chi connectivity index (χ2n) is 7.25. The Morgan fingerprint density at radius 3 is 2.73 bits per heavy atom. The van der Waals surface area contributed by atoms with Crippen molar-refractivity contribution in [3.05, 3.63) is 41.3 Å². The molecule has 1 aliphatic heterocycles. The van der Waals surface area contributed by atoms with E-state index >= 15 is 0 Å². The van der Waals surface area contributed by atoms with Crippen LogP contribution in [0, 0.1) is 0 Å². The van der Waals surface area contributed by atoms with Gasteiger partial charge >= 0.3 is 6.09 Å². The molecule has 0 aromatic carbocycles. The summed E-state index contributed by atoms with van der Waals surface area (Å²) in [6.07, 6.45) is 3.37. The molecule has 1 N–H and O–H groups in total. The lowest BCUT2D eigenvalue weighted by atomic mass is 10.1. The molecule has 0 saturated heterocycles. The second-order valence-corrected chi connectivity index (χ2v) is 7.25. The minimum absolute atomic E-state index is 0.265. The fraction of sp³-hybridized carbons (Fsp3) is 0.444. The number of ether oxygens (including phenoxy) is 1. The highest BCUT2D eigenvalue weighted by molar-refractivity contribution is 6.04. The Bertz CT molecular complexity index is 823. The molecule has 8 heteroatoms. The molecule has 2 aromatic heterocycles. The van der Waals surface area contributed by atoms with Crippen molar-refractivity contribution in [2.24, 2.45) is 7.05 Å². The van der Waals surface area contributed by atoms with Crippen LogP contribution in [0.25, 0.3) is 0 Å². The summed E-state index contributed by atoms with van der Waals surface area (Å²) in [7, 11) is 1.77. The van der Waals surface area contributed by atoms with Crippen LogP contribution in [0.15, 0.2) is 24.5 Å². The molecule has 2 aromatic rings. The van der Waals surface area contributed by atoms with Gasteiger partial charge in [-0.1, -0.05) is 0 Å². The van der Waals surface area contributed by atoms with Gasteiger partial charge in [0.15, 0.2) is 0 Å². The number of rotatable bonds is 2. The summed E-state index contributed by atoms with van der Waals surface area (Å²) in [5.41, 5.74) is 1.63. The fourth-order valence-electron chi connectivity index (χ4n) is 2.82. The zero-order chi connectivity index (χ0) is 18.9. The lowest BCUT2D eigenvalue weighted by Gasteiger charge is -2.29. The van der Waals surface area contributed by atoms with Gasteiger partial charge in [-0.05, 0) is 32.9 Å². The maximum atomic E-state index is 12.5. The second kappa shape index (κ2) is 6.78. The van der Waals surface area contributed by atoms with Crippen LogP contribution in [0.1, 0.15) is 42.4 Å². The number of amides is 2. The van der Waals surface area contributed by atoms with E-state index in [2.05, 4.69) is 15.4 Å². The van der Waals surface area contributed by atoms with Crippen LogP contribution in [0.5, 0.6) is 0 Å². The quantitative estimate of drug-likeness (QED) is 0.891. The summed E-state index contributed by atoms with van der Waals surface area (Å²) < 4.78 is 7.09. The molecule has 1 aliphatic rings. The average molecular weight is 357 g/mol. The number of carbonyl (C=O) groups is 2. The molecule has 0 aliphatic carbocycles. The van der Waals surface area contributed by atoms with E-state index in [-0.39, 0.29) is 12.0 Å². The summed E-state index contributed by atoms with van der Waals surface area (Å²) in [5, 5.41) is 7.36. The minimum Gasteiger partial charge on any atom is -0.444 e. The molecule has 0 bridgehead atoms. The first-order valence-corrected chi connectivity index (χ1v) is 8.48. The van der Waals surface area contributed by atoms with Crippen LogP contribution in [0.4, 0.5) is 10.6 Å². The highest BCUT2D eigenvalue weighted by Crippen LogP contribution is 2.27. The van der Waals surface area contributed by atoms with E-state index in [1.807, 2.05) is 20.8 Å². The number of aromatic nitrogens is 3. The van der Waals surface area contributed by atoms with Crippen molar-refractivity contribution in [1.29, 1.82) is 0 Å². The van der Waals surface area contributed by atoms with Gasteiger partial charge in [-0.25, -0.2) is 4.79 Å². The number of hydrogen-bond acceptors (Lipinski definition) is 5. The van der Waals surface area contributed by atoms with Gasteiger partial charge in [-0.15, -0.1) is 0 Å². The average Bonchev–Trinajstić information content (AvgIpc) is 2.89. The van der Waals surface area contributed by atoms with Gasteiger partial charge in [-0.3, -0.25) is 14.5 Å². The van der Waals surface area contributed by atoms with Gasteiger partial charge in [-0.2, -0.15) is 5.10 Å². The van der Waals surface area contributed by atoms with E-state index in [1.54, 1.807) is 35.0 Å². The van der Waals surface area contributed by atoms with Crippen molar-refractivity contribution in [3.63, 3.8) is 0 Å². The van der Waals surface area contributed by atoms with Gasteiger partial charge < -0.3 is 15.0 Å². The molecule has 0 saturated carbocycles. The highest BCUT2D eigenvalue weighted by atomic mass is 16.6. The van der Waals surface area contributed by atoms with E-state index in [0.29, 0.717) is 30.9 Å². The summed E-state index contributed by atoms with van der Waals surface area (Å²) in [6, 6.07) is 3.40. The number of nitrogens with one attached hydrogen (secondary N) is 1. The van der Waals surface area contributed by atoms with Crippen LogP contribution >= 0.6 is 0 Å². The number of nitrogens with zero attached hydrogens (tertiary/aromatic N) is 4. The Morgan fingerprint density at radius 1 is 1.31 bits per heavy atom. The molecule has 3 rings (SSSR count). The van der Waals surface area contributed by atoms with Crippen molar-refractivity contribution >= 4 is 17.8 Å². The molecular formula is C18H23N5O3. The van der Waals surface area contributed by atoms with Crippen molar-refractivity contribution in [2.75, 3.05) is 11.9 Å². The maximum Gasteiger partial charge on any atom is 0.410 e. The predicted molar refractivity (Wildman–Crippen MR) is 95.7 cm³/mol. The number of pyridine rings is 1. The van der Waals surface area contributed by atoms with E-state index < -0.39 is 5.60 Å². The molecule has 138 valence electrons. The number of aryl methyl sites for hydroxylation is 1. The molecule has 0 radical (unpaired) electrons. The van der Waals surface area contributed by atoms with Gasteiger partial charge in [0, 0.05) is 38.0 Å². The molecule has 0 spiro atoms. The van der Waals surface area contributed by atoms with E-state index in [1.165, 1.54) is 6.20 Å². The van der Waals surface area contributed by atoms with Crippen LogP contribution < -0.4 is 5.32 Å². The molecule has 0 atom stereocenters. The van der Waals surface area contributed by atoms with Gasteiger partial charge in [0.1, 0.15) is 11.4 Å². The SMILES string of the molecule is Cn1nc2c(c1NC(=O)c1cccnc1)CN(C(=O)OC(C)(C)C)CC2. The summed E-state index contributed by atoms with van der Waals surface area (Å²) in [5.74, 6) is 0.320. The molecule has 3 heterocycles. The van der Waals surface area contributed by atoms with Crippen molar-refractivity contribution < 1.29 is 14.3 Å². The van der Waals surface area contributed by atoms with E-state index in [0.717, 1.165) is 11.3 Å². The smallest absolute Gasteiger partial charge is 0.410 e.